The number of benzene rings is 2. The number of pyridine rings is 1. The smallest absolute Gasteiger partial charge is 0.410 e. The van der Waals surface area contributed by atoms with Crippen LogP contribution in [0.1, 0.15) is 65.0 Å². The Kier molecular flexibility index (Phi) is 12.5. The zero-order valence-corrected chi connectivity index (χ0v) is 30.5. The minimum atomic E-state index is -4.03. The largest absolute Gasteiger partial charge is 0.444 e. The molecule has 1 saturated heterocycles. The van der Waals surface area contributed by atoms with Gasteiger partial charge >= 0.3 is 6.09 Å². The zero-order chi connectivity index (χ0) is 36.8. The highest BCUT2D eigenvalue weighted by atomic mass is 35.5. The summed E-state index contributed by atoms with van der Waals surface area (Å²) >= 11 is 6.08. The van der Waals surface area contributed by atoms with Crippen molar-refractivity contribution in [2.75, 3.05) is 18.4 Å². The molecule has 0 aliphatic carbocycles. The molecule has 15 heteroatoms. The van der Waals surface area contributed by atoms with Crippen molar-refractivity contribution in [2.24, 2.45) is 11.0 Å². The van der Waals surface area contributed by atoms with Crippen LogP contribution in [0.25, 0.3) is 10.4 Å². The first-order valence-electron chi connectivity index (χ1n) is 16.3. The van der Waals surface area contributed by atoms with Crippen LogP contribution in [0.5, 0.6) is 0 Å². The summed E-state index contributed by atoms with van der Waals surface area (Å²) in [5, 5.41) is 7.06. The number of anilines is 1. The van der Waals surface area contributed by atoms with Crippen LogP contribution in [0, 0.1) is 11.7 Å². The van der Waals surface area contributed by atoms with Gasteiger partial charge in [-0.3, -0.25) is 9.78 Å². The third-order valence-electron chi connectivity index (χ3n) is 8.43. The Bertz CT molecular complexity index is 1820. The van der Waals surface area contributed by atoms with Crippen molar-refractivity contribution in [2.45, 2.75) is 88.9 Å². The highest BCUT2D eigenvalue weighted by Crippen LogP contribution is 2.33. The number of nitrogens with one attached hydrogen (secondary N) is 1. The van der Waals surface area contributed by atoms with Crippen molar-refractivity contribution in [1.82, 2.24) is 14.2 Å². The van der Waals surface area contributed by atoms with Gasteiger partial charge in [0.2, 0.25) is 15.9 Å². The molecular weight excluding hydrogens is 685 g/mol. The lowest BCUT2D eigenvalue weighted by Crippen LogP contribution is -2.61. The van der Waals surface area contributed by atoms with E-state index in [0.717, 1.165) is 11.8 Å². The number of amides is 2. The summed E-state index contributed by atoms with van der Waals surface area (Å²) in [5.41, 5.74) is 9.51. The van der Waals surface area contributed by atoms with E-state index in [2.05, 4.69) is 20.3 Å². The molecule has 0 radical (unpaired) electrons. The minimum absolute atomic E-state index is 0.00414. The van der Waals surface area contributed by atoms with E-state index in [9.17, 15) is 23.5 Å². The Hall–Kier alpha value is -4.23. The van der Waals surface area contributed by atoms with Crippen LogP contribution in [0.2, 0.25) is 5.02 Å². The van der Waals surface area contributed by atoms with Gasteiger partial charge in [0.25, 0.3) is 0 Å². The quantitative estimate of drug-likeness (QED) is 0.122. The Morgan fingerprint density at radius 2 is 1.78 bits per heavy atom. The van der Waals surface area contributed by atoms with Gasteiger partial charge in [-0.2, -0.15) is 4.31 Å². The van der Waals surface area contributed by atoms with Gasteiger partial charge in [0, 0.05) is 46.6 Å². The maximum absolute atomic E-state index is 15.5. The minimum Gasteiger partial charge on any atom is -0.444 e. The number of sulfonamides is 1. The van der Waals surface area contributed by atoms with Gasteiger partial charge < -0.3 is 15.0 Å². The third kappa shape index (κ3) is 9.30. The Morgan fingerprint density at radius 1 is 1.12 bits per heavy atom. The van der Waals surface area contributed by atoms with Gasteiger partial charge in [-0.05, 0) is 81.8 Å². The third-order valence-corrected chi connectivity index (χ3v) is 10.8. The second kappa shape index (κ2) is 16.2. The first-order valence-corrected chi connectivity index (χ1v) is 18.1. The molecule has 0 spiro atoms. The molecule has 2 amide bonds. The van der Waals surface area contributed by atoms with E-state index < -0.39 is 57.5 Å². The van der Waals surface area contributed by atoms with Gasteiger partial charge in [-0.15, -0.1) is 0 Å². The fourth-order valence-electron chi connectivity index (χ4n) is 6.31. The Labute approximate surface area is 297 Å². The predicted molar refractivity (Wildman–Crippen MR) is 190 cm³/mol. The number of aromatic nitrogens is 1. The van der Waals surface area contributed by atoms with E-state index in [4.69, 9.17) is 16.3 Å². The number of hydrogen-bond donors (Lipinski definition) is 1. The van der Waals surface area contributed by atoms with Crippen LogP contribution in [0.3, 0.4) is 0 Å². The molecule has 4 atom stereocenters. The summed E-state index contributed by atoms with van der Waals surface area (Å²) in [6.07, 6.45) is 1.78. The lowest BCUT2D eigenvalue weighted by Gasteiger charge is -2.44. The number of halogens is 2. The molecule has 50 heavy (non-hydrogen) atoms. The highest BCUT2D eigenvalue weighted by Gasteiger charge is 2.43. The normalized spacial score (nSPS) is 18.2. The summed E-state index contributed by atoms with van der Waals surface area (Å²) in [7, 11) is -4.03. The SMILES string of the molecule is CC(C)[C@H](c1ccc(Cl)cc1)[C@@H](N=[N+]=[N-])C(=O)Nc1cncc(F)c1CCC1CN(C(=O)OC(C)(C)C)CC(C)N1S(=O)(=O)c1ccccc1. The van der Waals surface area contributed by atoms with Crippen molar-refractivity contribution in [3.63, 3.8) is 0 Å². The number of carbonyl (C=O) groups excluding carboxylic acids is 2. The second-order valence-corrected chi connectivity index (χ2v) is 16.0. The number of ether oxygens (including phenoxy) is 1. The van der Waals surface area contributed by atoms with Crippen molar-refractivity contribution in [1.29, 1.82) is 0 Å². The molecule has 1 N–H and O–H groups in total. The zero-order valence-electron chi connectivity index (χ0n) is 29.0. The van der Waals surface area contributed by atoms with Gasteiger partial charge in [0.1, 0.15) is 17.5 Å². The molecule has 1 aliphatic heterocycles. The van der Waals surface area contributed by atoms with Crippen molar-refractivity contribution < 1.29 is 27.1 Å². The van der Waals surface area contributed by atoms with E-state index in [1.807, 2.05) is 13.8 Å². The lowest BCUT2D eigenvalue weighted by atomic mass is 9.82. The average molecular weight is 728 g/mol. The van der Waals surface area contributed by atoms with E-state index in [-0.39, 0.29) is 48.0 Å². The molecule has 1 fully saturated rings. The van der Waals surface area contributed by atoms with Crippen molar-refractivity contribution in [3.8, 4) is 0 Å². The number of piperazine rings is 1. The van der Waals surface area contributed by atoms with E-state index >= 15 is 4.39 Å². The van der Waals surface area contributed by atoms with Gasteiger partial charge in [0.15, 0.2) is 0 Å². The number of azide groups is 1. The maximum Gasteiger partial charge on any atom is 0.410 e. The van der Waals surface area contributed by atoms with Gasteiger partial charge in [-0.1, -0.05) is 60.9 Å². The predicted octanol–water partition coefficient (Wildman–Crippen LogP) is 7.56. The standard InChI is InChI=1S/C35H43ClFN7O5S/c1-22(2)31(24-12-14-25(36)15-13-24)32(41-42-38)33(45)40-30-19-39-18-29(37)28(30)17-16-26-21-43(34(46)49-35(4,5)6)20-23(3)44(26)50(47,48)27-10-8-7-9-11-27/h7-15,18-19,22-23,26,31-32H,16-17,20-21H2,1-6H3,(H,40,45)/t23?,26?,31-,32-/m1/s1. The molecule has 0 saturated carbocycles. The fourth-order valence-corrected chi connectivity index (χ4v) is 8.29. The summed E-state index contributed by atoms with van der Waals surface area (Å²) < 4.78 is 50.5. The second-order valence-electron chi connectivity index (χ2n) is 13.7. The summed E-state index contributed by atoms with van der Waals surface area (Å²) in [6, 6.07) is 12.2. The van der Waals surface area contributed by atoms with Crippen LogP contribution >= 0.6 is 11.6 Å². The number of nitrogens with zero attached hydrogens (tertiary/aromatic N) is 6. The molecule has 1 aliphatic rings. The van der Waals surface area contributed by atoms with E-state index in [1.54, 1.807) is 70.2 Å². The molecule has 0 bridgehead atoms. The fraction of sp³-hybridized carbons (Fsp3) is 0.457. The molecule has 2 unspecified atom stereocenters. The molecule has 2 heterocycles. The Morgan fingerprint density at radius 3 is 2.38 bits per heavy atom. The molecular formula is C35H43ClFN7O5S. The maximum atomic E-state index is 15.5. The van der Waals surface area contributed by atoms with Crippen LogP contribution in [0.15, 0.2) is 77.0 Å². The number of hydrogen-bond acceptors (Lipinski definition) is 7. The lowest BCUT2D eigenvalue weighted by molar-refractivity contribution is -0.118. The average Bonchev–Trinajstić information content (AvgIpc) is 3.04. The van der Waals surface area contributed by atoms with Crippen molar-refractivity contribution >= 4 is 39.3 Å². The molecule has 4 rings (SSSR count). The first kappa shape index (κ1) is 38.6. The number of carbonyl (C=O) groups is 2. The summed E-state index contributed by atoms with van der Waals surface area (Å²) in [5.74, 6) is -2.05. The van der Waals surface area contributed by atoms with Crippen molar-refractivity contribution in [3.05, 3.63) is 99.4 Å². The Balaban J connectivity index is 1.65. The molecule has 268 valence electrons. The van der Waals surface area contributed by atoms with Crippen LogP contribution in [-0.2, 0) is 26.0 Å². The summed E-state index contributed by atoms with van der Waals surface area (Å²) in [6.45, 7) is 10.8. The van der Waals surface area contributed by atoms with E-state index in [0.29, 0.717) is 5.02 Å². The highest BCUT2D eigenvalue weighted by molar-refractivity contribution is 7.89. The monoisotopic (exact) mass is 727 g/mol. The molecule has 3 aromatic rings. The van der Waals surface area contributed by atoms with Crippen LogP contribution in [-0.4, -0.2) is 71.4 Å². The van der Waals surface area contributed by atoms with Gasteiger partial charge in [-0.25, -0.2) is 17.6 Å². The number of rotatable bonds is 11. The van der Waals surface area contributed by atoms with Crippen LogP contribution in [0.4, 0.5) is 14.9 Å². The topological polar surface area (TPSA) is 158 Å². The van der Waals surface area contributed by atoms with E-state index in [1.165, 1.54) is 27.5 Å². The first-order chi connectivity index (χ1) is 23.5. The molecule has 1 aromatic heterocycles. The summed E-state index contributed by atoms with van der Waals surface area (Å²) in [4.78, 5) is 35.4. The molecule has 12 nitrogen and oxygen atoms in total. The van der Waals surface area contributed by atoms with Crippen LogP contribution < -0.4 is 5.32 Å². The van der Waals surface area contributed by atoms with Gasteiger partial charge in [0.05, 0.1) is 23.0 Å². The molecule has 2 aromatic carbocycles.